The van der Waals surface area contributed by atoms with Crippen LogP contribution in [0.25, 0.3) is 6.08 Å². The molecule has 0 spiro atoms. The van der Waals surface area contributed by atoms with E-state index in [1.807, 2.05) is 0 Å². The Balaban J connectivity index is 2.45. The van der Waals surface area contributed by atoms with Crippen LogP contribution in [0.1, 0.15) is 15.9 Å². The van der Waals surface area contributed by atoms with Gasteiger partial charge in [0.1, 0.15) is 11.6 Å². The van der Waals surface area contributed by atoms with E-state index < -0.39 is 22.8 Å². The van der Waals surface area contributed by atoms with Crippen molar-refractivity contribution in [2.24, 2.45) is 14.1 Å². The molecule has 23 heavy (non-hydrogen) atoms. The molecular weight excluding hydrogens is 303 g/mol. The molecule has 0 fully saturated rings. The third kappa shape index (κ3) is 3.13. The summed E-state index contributed by atoms with van der Waals surface area (Å²) in [7, 11) is 4.16. The van der Waals surface area contributed by atoms with Gasteiger partial charge in [-0.1, -0.05) is 6.07 Å². The highest BCUT2D eigenvalue weighted by molar-refractivity contribution is 6.08. The van der Waals surface area contributed by atoms with Crippen molar-refractivity contribution < 1.29 is 13.9 Å². The molecule has 7 heteroatoms. The predicted molar refractivity (Wildman–Crippen MR) is 83.2 cm³/mol. The summed E-state index contributed by atoms with van der Waals surface area (Å²) in [6, 6.07) is 4.04. The standard InChI is InChI=1S/C16H15FN2O4/c1-18-9-10(15(21)19(2)16(18)22)7-8-12(20)14-11(17)5-4-6-13(14)23-3/h4-9H,1-3H3. The summed E-state index contributed by atoms with van der Waals surface area (Å²) in [6.07, 6.45) is 3.63. The molecule has 120 valence electrons. The normalized spacial score (nSPS) is 11.0. The van der Waals surface area contributed by atoms with Crippen LogP contribution >= 0.6 is 0 Å². The first-order valence-corrected chi connectivity index (χ1v) is 6.68. The molecule has 0 bridgehead atoms. The molecule has 0 saturated heterocycles. The fourth-order valence-corrected chi connectivity index (χ4v) is 2.11. The molecule has 2 aromatic rings. The van der Waals surface area contributed by atoms with Gasteiger partial charge in [0.2, 0.25) is 0 Å². The lowest BCUT2D eigenvalue weighted by Gasteiger charge is -2.06. The summed E-state index contributed by atoms with van der Waals surface area (Å²) in [5.74, 6) is -1.25. The van der Waals surface area contributed by atoms with Gasteiger partial charge in [-0.3, -0.25) is 14.2 Å². The predicted octanol–water partition coefficient (Wildman–Crippen LogP) is 1.13. The van der Waals surface area contributed by atoms with Crippen LogP contribution in [0.3, 0.4) is 0 Å². The minimum Gasteiger partial charge on any atom is -0.496 e. The van der Waals surface area contributed by atoms with Crippen LogP contribution in [-0.2, 0) is 14.1 Å². The minimum absolute atomic E-state index is 0.105. The lowest BCUT2D eigenvalue weighted by Crippen LogP contribution is -2.37. The maximum Gasteiger partial charge on any atom is 0.330 e. The van der Waals surface area contributed by atoms with E-state index in [-0.39, 0.29) is 16.9 Å². The first kappa shape index (κ1) is 16.4. The lowest BCUT2D eigenvalue weighted by atomic mass is 10.1. The molecule has 0 unspecified atom stereocenters. The van der Waals surface area contributed by atoms with Crippen molar-refractivity contribution in [1.82, 2.24) is 9.13 Å². The highest BCUT2D eigenvalue weighted by Gasteiger charge is 2.15. The molecule has 0 amide bonds. The largest absolute Gasteiger partial charge is 0.496 e. The average Bonchev–Trinajstić information content (AvgIpc) is 2.54. The van der Waals surface area contributed by atoms with Gasteiger partial charge in [-0.15, -0.1) is 0 Å². The Bertz CT molecular complexity index is 909. The van der Waals surface area contributed by atoms with Crippen LogP contribution in [-0.4, -0.2) is 22.0 Å². The Morgan fingerprint density at radius 1 is 1.26 bits per heavy atom. The molecule has 0 saturated carbocycles. The van der Waals surface area contributed by atoms with Crippen molar-refractivity contribution >= 4 is 11.9 Å². The van der Waals surface area contributed by atoms with Crippen molar-refractivity contribution in [3.8, 4) is 5.75 Å². The summed E-state index contributed by atoms with van der Waals surface area (Å²) < 4.78 is 20.9. The Labute approximate surface area is 131 Å². The average molecular weight is 318 g/mol. The maximum atomic E-state index is 13.8. The van der Waals surface area contributed by atoms with Crippen molar-refractivity contribution in [1.29, 1.82) is 0 Å². The van der Waals surface area contributed by atoms with Gasteiger partial charge in [-0.25, -0.2) is 9.18 Å². The van der Waals surface area contributed by atoms with E-state index >= 15 is 0 Å². The number of aromatic nitrogens is 2. The number of benzene rings is 1. The van der Waals surface area contributed by atoms with E-state index in [2.05, 4.69) is 0 Å². The number of methoxy groups -OCH3 is 1. The van der Waals surface area contributed by atoms with Gasteiger partial charge in [0, 0.05) is 20.3 Å². The zero-order valence-corrected chi connectivity index (χ0v) is 12.9. The van der Waals surface area contributed by atoms with E-state index in [9.17, 15) is 18.8 Å². The van der Waals surface area contributed by atoms with E-state index in [1.165, 1.54) is 50.2 Å². The number of ketones is 1. The van der Waals surface area contributed by atoms with Gasteiger partial charge in [-0.2, -0.15) is 0 Å². The van der Waals surface area contributed by atoms with Crippen LogP contribution in [0.5, 0.6) is 5.75 Å². The van der Waals surface area contributed by atoms with Crippen molar-refractivity contribution in [2.45, 2.75) is 0 Å². The highest BCUT2D eigenvalue weighted by atomic mass is 19.1. The quantitative estimate of drug-likeness (QED) is 0.626. The number of allylic oxidation sites excluding steroid dienone is 1. The number of carbonyl (C=O) groups excluding carboxylic acids is 1. The second kappa shape index (κ2) is 6.43. The second-order valence-electron chi connectivity index (χ2n) is 4.86. The molecule has 1 aromatic carbocycles. The fourth-order valence-electron chi connectivity index (χ4n) is 2.11. The fraction of sp³-hybridized carbons (Fsp3) is 0.188. The first-order chi connectivity index (χ1) is 10.9. The SMILES string of the molecule is COc1cccc(F)c1C(=O)C=Cc1cn(C)c(=O)n(C)c1=O. The third-order valence-electron chi connectivity index (χ3n) is 3.33. The molecule has 0 aliphatic rings. The molecular formula is C16H15FN2O4. The topological polar surface area (TPSA) is 70.3 Å². The number of hydrogen-bond donors (Lipinski definition) is 0. The second-order valence-corrected chi connectivity index (χ2v) is 4.86. The zero-order valence-electron chi connectivity index (χ0n) is 12.9. The Morgan fingerprint density at radius 3 is 2.61 bits per heavy atom. The van der Waals surface area contributed by atoms with E-state index in [0.717, 1.165) is 16.7 Å². The first-order valence-electron chi connectivity index (χ1n) is 6.68. The van der Waals surface area contributed by atoms with E-state index in [1.54, 1.807) is 0 Å². The smallest absolute Gasteiger partial charge is 0.330 e. The van der Waals surface area contributed by atoms with Crippen molar-refractivity contribution in [3.05, 3.63) is 68.3 Å². The third-order valence-corrected chi connectivity index (χ3v) is 3.33. The number of carbonyl (C=O) groups is 1. The number of halogens is 1. The maximum absolute atomic E-state index is 13.8. The molecule has 0 aliphatic heterocycles. The molecule has 0 N–H and O–H groups in total. The molecule has 2 rings (SSSR count). The van der Waals surface area contributed by atoms with Crippen LogP contribution in [0.15, 0.2) is 40.1 Å². The Kier molecular flexibility index (Phi) is 4.59. The highest BCUT2D eigenvalue weighted by Crippen LogP contribution is 2.22. The summed E-state index contributed by atoms with van der Waals surface area (Å²) in [5.41, 5.74) is -1.10. The van der Waals surface area contributed by atoms with Gasteiger partial charge in [0.05, 0.1) is 18.2 Å². The van der Waals surface area contributed by atoms with Gasteiger partial charge in [0.25, 0.3) is 5.56 Å². The monoisotopic (exact) mass is 318 g/mol. The minimum atomic E-state index is -0.715. The zero-order chi connectivity index (χ0) is 17.1. The summed E-state index contributed by atoms with van der Waals surface area (Å²) in [6.45, 7) is 0. The van der Waals surface area contributed by atoms with Crippen LogP contribution < -0.4 is 16.0 Å². The van der Waals surface area contributed by atoms with E-state index in [0.29, 0.717) is 0 Å². The number of hydrogen-bond acceptors (Lipinski definition) is 4. The van der Waals surface area contributed by atoms with Gasteiger partial charge in [-0.05, 0) is 24.3 Å². The van der Waals surface area contributed by atoms with Gasteiger partial charge in [0.15, 0.2) is 5.78 Å². The molecule has 0 aliphatic carbocycles. The van der Waals surface area contributed by atoms with E-state index in [4.69, 9.17) is 4.74 Å². The molecule has 1 aromatic heterocycles. The summed E-state index contributed by atoms with van der Waals surface area (Å²) in [4.78, 5) is 35.7. The number of ether oxygens (including phenoxy) is 1. The number of nitrogens with zero attached hydrogens (tertiary/aromatic N) is 2. The van der Waals surface area contributed by atoms with Gasteiger partial charge >= 0.3 is 5.69 Å². The van der Waals surface area contributed by atoms with Crippen LogP contribution in [0, 0.1) is 5.82 Å². The molecule has 0 atom stereocenters. The molecule has 1 heterocycles. The lowest BCUT2D eigenvalue weighted by molar-refractivity contribution is 0.104. The van der Waals surface area contributed by atoms with Crippen molar-refractivity contribution in [2.75, 3.05) is 7.11 Å². The molecule has 0 radical (unpaired) electrons. The van der Waals surface area contributed by atoms with Crippen LogP contribution in [0.4, 0.5) is 4.39 Å². The number of rotatable bonds is 4. The summed E-state index contributed by atoms with van der Waals surface area (Å²) in [5, 5.41) is 0. The van der Waals surface area contributed by atoms with Crippen LogP contribution in [0.2, 0.25) is 0 Å². The summed E-state index contributed by atoms with van der Waals surface area (Å²) >= 11 is 0. The van der Waals surface area contributed by atoms with Gasteiger partial charge < -0.3 is 9.30 Å². The Hall–Kier alpha value is -2.96. The Morgan fingerprint density at radius 2 is 1.96 bits per heavy atom. The van der Waals surface area contributed by atoms with Crippen molar-refractivity contribution in [3.63, 3.8) is 0 Å². The molecule has 6 nitrogen and oxygen atoms in total. The number of aryl methyl sites for hydroxylation is 1.